The molecule has 0 aromatic rings. The van der Waals surface area contributed by atoms with Gasteiger partial charge in [0.25, 0.3) is 0 Å². The second-order valence-corrected chi connectivity index (χ2v) is 5.23. The summed E-state index contributed by atoms with van der Waals surface area (Å²) in [6.45, 7) is 2.98. The van der Waals surface area contributed by atoms with Crippen molar-refractivity contribution in [3.8, 4) is 0 Å². The van der Waals surface area contributed by atoms with Crippen LogP contribution < -0.4 is 0 Å². The van der Waals surface area contributed by atoms with Crippen LogP contribution in [0.3, 0.4) is 0 Å². The fourth-order valence-corrected chi connectivity index (χ4v) is 2.73. The second-order valence-electron chi connectivity index (χ2n) is 5.23. The zero-order valence-corrected chi connectivity index (χ0v) is 10.1. The largest absolute Gasteiger partial charge is 0.390 e. The lowest BCUT2D eigenvalue weighted by molar-refractivity contribution is -0.0156. The Bertz CT molecular complexity index is 184. The van der Waals surface area contributed by atoms with E-state index in [4.69, 9.17) is 9.47 Å². The van der Waals surface area contributed by atoms with Gasteiger partial charge in [-0.05, 0) is 25.2 Å². The van der Waals surface area contributed by atoms with Crippen molar-refractivity contribution < 1.29 is 14.6 Å². The summed E-state index contributed by atoms with van der Waals surface area (Å²) in [4.78, 5) is 0. The van der Waals surface area contributed by atoms with Crippen LogP contribution in [0.4, 0.5) is 0 Å². The summed E-state index contributed by atoms with van der Waals surface area (Å²) >= 11 is 0. The molecule has 0 spiro atoms. The Labute approximate surface area is 98.1 Å². The third-order valence-electron chi connectivity index (χ3n) is 3.86. The van der Waals surface area contributed by atoms with Crippen molar-refractivity contribution in [2.24, 2.45) is 11.8 Å². The molecule has 1 aliphatic heterocycles. The van der Waals surface area contributed by atoms with Gasteiger partial charge in [0.2, 0.25) is 0 Å². The fraction of sp³-hybridized carbons (Fsp3) is 1.00. The molecule has 3 heteroatoms. The predicted octanol–water partition coefficient (Wildman–Crippen LogP) is 1.98. The highest BCUT2D eigenvalue weighted by Gasteiger charge is 2.22. The van der Waals surface area contributed by atoms with Crippen molar-refractivity contribution in [3.05, 3.63) is 0 Å². The van der Waals surface area contributed by atoms with Crippen molar-refractivity contribution in [2.75, 3.05) is 26.4 Å². The van der Waals surface area contributed by atoms with Gasteiger partial charge in [-0.3, -0.25) is 0 Å². The van der Waals surface area contributed by atoms with Crippen LogP contribution in [0, 0.1) is 11.8 Å². The molecule has 1 N–H and O–H groups in total. The summed E-state index contributed by atoms with van der Waals surface area (Å²) in [5.74, 6) is 1.03. The van der Waals surface area contributed by atoms with E-state index in [9.17, 15) is 5.11 Å². The number of aliphatic hydroxyl groups is 1. The molecule has 1 aliphatic carbocycles. The molecule has 0 aromatic heterocycles. The molecule has 1 heterocycles. The minimum Gasteiger partial charge on any atom is -0.390 e. The molecule has 0 radical (unpaired) electrons. The van der Waals surface area contributed by atoms with Gasteiger partial charge in [-0.1, -0.05) is 19.3 Å². The van der Waals surface area contributed by atoms with E-state index in [1.54, 1.807) is 0 Å². The first kappa shape index (κ1) is 12.3. The van der Waals surface area contributed by atoms with Crippen molar-refractivity contribution in [2.45, 2.75) is 44.6 Å². The van der Waals surface area contributed by atoms with E-state index >= 15 is 0 Å². The lowest BCUT2D eigenvalue weighted by atomic mass is 9.85. The number of ether oxygens (including phenoxy) is 2. The number of hydrogen-bond donors (Lipinski definition) is 1. The smallest absolute Gasteiger partial charge is 0.0801 e. The van der Waals surface area contributed by atoms with Crippen LogP contribution in [0.2, 0.25) is 0 Å². The van der Waals surface area contributed by atoms with Crippen molar-refractivity contribution >= 4 is 0 Å². The molecule has 0 bridgehead atoms. The Balaban J connectivity index is 1.57. The average Bonchev–Trinajstić information content (AvgIpc) is 2.83. The topological polar surface area (TPSA) is 38.7 Å². The molecule has 2 atom stereocenters. The second kappa shape index (κ2) is 6.58. The van der Waals surface area contributed by atoms with Gasteiger partial charge < -0.3 is 14.6 Å². The van der Waals surface area contributed by atoms with Crippen molar-refractivity contribution in [3.63, 3.8) is 0 Å². The van der Waals surface area contributed by atoms with Crippen LogP contribution in [-0.2, 0) is 9.47 Å². The molecule has 1 saturated carbocycles. The summed E-state index contributed by atoms with van der Waals surface area (Å²) in [6.07, 6.45) is 7.11. The Hall–Kier alpha value is -0.120. The Morgan fingerprint density at radius 2 is 2.00 bits per heavy atom. The first-order valence-electron chi connectivity index (χ1n) is 6.70. The molecular formula is C13H24O3. The van der Waals surface area contributed by atoms with Crippen LogP contribution in [0.15, 0.2) is 0 Å². The van der Waals surface area contributed by atoms with E-state index in [1.165, 1.54) is 32.1 Å². The standard InChI is InChI=1S/C13H24O3/c14-13(12-4-2-1-3-5-12)10-16-9-11-6-7-15-8-11/h11-14H,1-10H2. The SMILES string of the molecule is OC(COCC1CCOC1)C1CCCCC1. The van der Waals surface area contributed by atoms with Gasteiger partial charge in [-0.2, -0.15) is 0 Å². The normalized spacial score (nSPS) is 29.4. The van der Waals surface area contributed by atoms with Crippen LogP contribution in [0.1, 0.15) is 38.5 Å². The molecule has 2 rings (SSSR count). The summed E-state index contributed by atoms with van der Waals surface area (Å²) in [7, 11) is 0. The van der Waals surface area contributed by atoms with Crippen LogP contribution in [0.25, 0.3) is 0 Å². The van der Waals surface area contributed by atoms with Gasteiger partial charge in [-0.25, -0.2) is 0 Å². The van der Waals surface area contributed by atoms with E-state index in [0.717, 1.165) is 26.2 Å². The minimum atomic E-state index is -0.248. The molecule has 3 nitrogen and oxygen atoms in total. The number of rotatable bonds is 5. The molecular weight excluding hydrogens is 204 g/mol. The molecule has 2 fully saturated rings. The predicted molar refractivity (Wildman–Crippen MR) is 62.3 cm³/mol. The monoisotopic (exact) mass is 228 g/mol. The average molecular weight is 228 g/mol. The fourth-order valence-electron chi connectivity index (χ4n) is 2.73. The van der Waals surface area contributed by atoms with Crippen molar-refractivity contribution in [1.29, 1.82) is 0 Å². The van der Waals surface area contributed by atoms with Gasteiger partial charge >= 0.3 is 0 Å². The maximum Gasteiger partial charge on any atom is 0.0801 e. The molecule has 2 unspecified atom stereocenters. The summed E-state index contributed by atoms with van der Waals surface area (Å²) in [6, 6.07) is 0. The molecule has 94 valence electrons. The highest BCUT2D eigenvalue weighted by molar-refractivity contribution is 4.73. The van der Waals surface area contributed by atoms with Gasteiger partial charge in [0.1, 0.15) is 0 Å². The zero-order chi connectivity index (χ0) is 11.2. The molecule has 0 aromatic carbocycles. The van der Waals surface area contributed by atoms with E-state index < -0.39 is 0 Å². The molecule has 2 aliphatic rings. The maximum atomic E-state index is 9.99. The highest BCUT2D eigenvalue weighted by atomic mass is 16.5. The first-order valence-corrected chi connectivity index (χ1v) is 6.70. The van der Waals surface area contributed by atoms with Crippen LogP contribution in [0.5, 0.6) is 0 Å². The first-order chi connectivity index (χ1) is 7.86. The van der Waals surface area contributed by atoms with Gasteiger partial charge in [-0.15, -0.1) is 0 Å². The van der Waals surface area contributed by atoms with Gasteiger partial charge in [0, 0.05) is 12.5 Å². The molecule has 16 heavy (non-hydrogen) atoms. The van der Waals surface area contributed by atoms with E-state index in [2.05, 4.69) is 0 Å². The van der Waals surface area contributed by atoms with Crippen LogP contribution in [-0.4, -0.2) is 37.6 Å². The number of hydrogen-bond acceptors (Lipinski definition) is 3. The Kier molecular flexibility index (Phi) is 5.07. The Morgan fingerprint density at radius 1 is 1.19 bits per heavy atom. The van der Waals surface area contributed by atoms with E-state index in [0.29, 0.717) is 18.4 Å². The lowest BCUT2D eigenvalue weighted by Gasteiger charge is -2.26. The van der Waals surface area contributed by atoms with Gasteiger partial charge in [0.05, 0.1) is 25.9 Å². The minimum absolute atomic E-state index is 0.248. The highest BCUT2D eigenvalue weighted by Crippen LogP contribution is 2.26. The lowest BCUT2D eigenvalue weighted by Crippen LogP contribution is -2.28. The summed E-state index contributed by atoms with van der Waals surface area (Å²) < 4.78 is 10.9. The third kappa shape index (κ3) is 3.72. The number of aliphatic hydroxyl groups excluding tert-OH is 1. The Morgan fingerprint density at radius 3 is 2.69 bits per heavy atom. The van der Waals surface area contributed by atoms with Gasteiger partial charge in [0.15, 0.2) is 0 Å². The van der Waals surface area contributed by atoms with Crippen LogP contribution >= 0.6 is 0 Å². The molecule has 0 amide bonds. The van der Waals surface area contributed by atoms with Crippen molar-refractivity contribution in [1.82, 2.24) is 0 Å². The maximum absolute atomic E-state index is 9.99. The third-order valence-corrected chi connectivity index (χ3v) is 3.86. The summed E-state index contributed by atoms with van der Waals surface area (Å²) in [5.41, 5.74) is 0. The molecule has 1 saturated heterocycles. The zero-order valence-electron chi connectivity index (χ0n) is 10.1. The quantitative estimate of drug-likeness (QED) is 0.782. The summed E-state index contributed by atoms with van der Waals surface area (Å²) in [5, 5.41) is 9.99. The van der Waals surface area contributed by atoms with E-state index in [-0.39, 0.29) is 6.10 Å². The van der Waals surface area contributed by atoms with E-state index in [1.807, 2.05) is 0 Å².